The molecule has 2 aromatic heterocycles. The van der Waals surface area contributed by atoms with Crippen LogP contribution >= 0.6 is 0 Å². The molecule has 0 amide bonds. The van der Waals surface area contributed by atoms with E-state index in [4.69, 9.17) is 20.7 Å². The van der Waals surface area contributed by atoms with E-state index in [1.165, 1.54) is 24.3 Å². The summed E-state index contributed by atoms with van der Waals surface area (Å²) < 4.78 is 23.6. The Morgan fingerprint density at radius 3 is 2.37 bits per heavy atom. The normalized spacial score (nSPS) is 10.5. The third-order valence-electron chi connectivity index (χ3n) is 4.13. The highest BCUT2D eigenvalue weighted by atomic mass is 19.1. The predicted molar refractivity (Wildman–Crippen MR) is 105 cm³/mol. The molecule has 30 heavy (non-hydrogen) atoms. The maximum absolute atomic E-state index is 12.9. The standard InChI is InChI=1S/C20H14FN7O2/c21-13-5-7-14(8-6-13)29-10-16-25-19(28-30-16)12-3-1-11(2-4-12)17-15(9-22)18(23)27-20(24)26-17/h1-8H,10H2,(H4,23,24,26,27). The topological polar surface area (TPSA) is 150 Å². The molecule has 0 fully saturated rings. The number of nitrogen functional groups attached to an aromatic ring is 2. The first kappa shape index (κ1) is 18.8. The van der Waals surface area contributed by atoms with E-state index in [9.17, 15) is 9.65 Å². The Bertz CT molecular complexity index is 1230. The van der Waals surface area contributed by atoms with Crippen LogP contribution in [0.15, 0.2) is 53.1 Å². The van der Waals surface area contributed by atoms with Crippen LogP contribution in [0.25, 0.3) is 22.6 Å². The molecule has 0 aliphatic heterocycles. The zero-order valence-electron chi connectivity index (χ0n) is 15.4. The van der Waals surface area contributed by atoms with E-state index < -0.39 is 0 Å². The van der Waals surface area contributed by atoms with Gasteiger partial charge in [0.15, 0.2) is 6.61 Å². The number of aromatic nitrogens is 4. The van der Waals surface area contributed by atoms with Crippen molar-refractivity contribution in [3.63, 3.8) is 0 Å². The van der Waals surface area contributed by atoms with Crippen molar-refractivity contribution in [1.29, 1.82) is 5.26 Å². The van der Waals surface area contributed by atoms with Crippen molar-refractivity contribution < 1.29 is 13.7 Å². The number of hydrogen-bond acceptors (Lipinski definition) is 9. The van der Waals surface area contributed by atoms with Gasteiger partial charge in [-0.15, -0.1) is 0 Å². The van der Waals surface area contributed by atoms with Crippen molar-refractivity contribution in [2.75, 3.05) is 11.5 Å². The fraction of sp³-hybridized carbons (Fsp3) is 0.0500. The van der Waals surface area contributed by atoms with Crippen molar-refractivity contribution in [2.45, 2.75) is 6.61 Å². The van der Waals surface area contributed by atoms with Crippen LogP contribution in [0.2, 0.25) is 0 Å². The van der Waals surface area contributed by atoms with E-state index >= 15 is 0 Å². The molecule has 0 unspecified atom stereocenters. The third kappa shape index (κ3) is 3.85. The molecular formula is C20H14FN7O2. The lowest BCUT2D eigenvalue weighted by Crippen LogP contribution is -2.04. The number of halogens is 1. The Hall–Kier alpha value is -4.52. The van der Waals surface area contributed by atoms with Crippen LogP contribution in [0.3, 0.4) is 0 Å². The fourth-order valence-electron chi connectivity index (χ4n) is 2.70. The highest BCUT2D eigenvalue weighted by molar-refractivity contribution is 5.74. The van der Waals surface area contributed by atoms with Crippen LogP contribution in [0.4, 0.5) is 16.2 Å². The van der Waals surface area contributed by atoms with Crippen LogP contribution in [0, 0.1) is 17.1 Å². The average Bonchev–Trinajstić information content (AvgIpc) is 3.22. The van der Waals surface area contributed by atoms with Crippen molar-refractivity contribution in [2.24, 2.45) is 0 Å². The molecule has 2 heterocycles. The van der Waals surface area contributed by atoms with Crippen molar-refractivity contribution >= 4 is 11.8 Å². The molecule has 0 atom stereocenters. The van der Waals surface area contributed by atoms with Crippen LogP contribution in [-0.4, -0.2) is 20.1 Å². The van der Waals surface area contributed by atoms with Crippen LogP contribution in [0.5, 0.6) is 5.75 Å². The maximum atomic E-state index is 12.9. The van der Waals surface area contributed by atoms with Gasteiger partial charge in [0.1, 0.15) is 29.0 Å². The van der Waals surface area contributed by atoms with Gasteiger partial charge in [-0.1, -0.05) is 29.4 Å². The molecule has 0 saturated carbocycles. The molecule has 0 aliphatic rings. The number of rotatable bonds is 5. The Kier molecular flexibility index (Phi) is 4.92. The van der Waals surface area contributed by atoms with Gasteiger partial charge in [0, 0.05) is 11.1 Å². The first-order valence-corrected chi connectivity index (χ1v) is 8.68. The van der Waals surface area contributed by atoms with Crippen LogP contribution in [0.1, 0.15) is 11.5 Å². The van der Waals surface area contributed by atoms with E-state index in [0.29, 0.717) is 28.4 Å². The van der Waals surface area contributed by atoms with Gasteiger partial charge in [0.05, 0.1) is 5.69 Å². The van der Waals surface area contributed by atoms with Crippen LogP contribution in [-0.2, 0) is 6.61 Å². The van der Waals surface area contributed by atoms with E-state index in [-0.39, 0.29) is 35.6 Å². The van der Waals surface area contributed by atoms with E-state index in [0.717, 1.165) is 0 Å². The lowest BCUT2D eigenvalue weighted by molar-refractivity contribution is 0.242. The van der Waals surface area contributed by atoms with Gasteiger partial charge in [-0.2, -0.15) is 15.2 Å². The fourth-order valence-corrected chi connectivity index (χ4v) is 2.70. The highest BCUT2D eigenvalue weighted by Crippen LogP contribution is 2.27. The summed E-state index contributed by atoms with van der Waals surface area (Å²) in [7, 11) is 0. The van der Waals surface area contributed by atoms with Crippen LogP contribution < -0.4 is 16.2 Å². The maximum Gasteiger partial charge on any atom is 0.264 e. The summed E-state index contributed by atoms with van der Waals surface area (Å²) in [5.74, 6) is 0.767. The molecule has 4 aromatic rings. The average molecular weight is 403 g/mol. The summed E-state index contributed by atoms with van der Waals surface area (Å²) in [5, 5.41) is 13.3. The third-order valence-corrected chi connectivity index (χ3v) is 4.13. The number of hydrogen-bond donors (Lipinski definition) is 2. The monoisotopic (exact) mass is 403 g/mol. The lowest BCUT2D eigenvalue weighted by Gasteiger charge is -2.07. The number of nitriles is 1. The van der Waals surface area contributed by atoms with Gasteiger partial charge in [-0.3, -0.25) is 0 Å². The smallest absolute Gasteiger partial charge is 0.264 e. The van der Waals surface area contributed by atoms with Gasteiger partial charge in [0.2, 0.25) is 11.8 Å². The van der Waals surface area contributed by atoms with Gasteiger partial charge in [-0.25, -0.2) is 9.37 Å². The zero-order chi connectivity index (χ0) is 21.1. The molecular weight excluding hydrogens is 389 g/mol. The van der Waals surface area contributed by atoms with Crippen molar-refractivity contribution in [1.82, 2.24) is 20.1 Å². The molecule has 0 bridgehead atoms. The summed E-state index contributed by atoms with van der Waals surface area (Å²) >= 11 is 0. The van der Waals surface area contributed by atoms with Crippen molar-refractivity contribution in [3.8, 4) is 34.5 Å². The minimum atomic E-state index is -0.347. The van der Waals surface area contributed by atoms with Gasteiger partial charge in [-0.05, 0) is 24.3 Å². The molecule has 2 aromatic carbocycles. The second-order valence-electron chi connectivity index (χ2n) is 6.13. The van der Waals surface area contributed by atoms with Crippen molar-refractivity contribution in [3.05, 3.63) is 65.8 Å². The summed E-state index contributed by atoms with van der Waals surface area (Å²) in [4.78, 5) is 12.2. The second-order valence-corrected chi connectivity index (χ2v) is 6.13. The molecule has 0 spiro atoms. The minimum absolute atomic E-state index is 0.0189. The van der Waals surface area contributed by atoms with E-state index in [2.05, 4.69) is 20.1 Å². The lowest BCUT2D eigenvalue weighted by atomic mass is 10.0. The number of nitrogens with zero attached hydrogens (tertiary/aromatic N) is 5. The molecule has 9 nitrogen and oxygen atoms in total. The van der Waals surface area contributed by atoms with Gasteiger partial charge >= 0.3 is 0 Å². The Balaban J connectivity index is 1.51. The van der Waals surface area contributed by atoms with Gasteiger partial charge < -0.3 is 20.7 Å². The zero-order valence-corrected chi connectivity index (χ0v) is 15.4. The molecule has 10 heteroatoms. The first-order chi connectivity index (χ1) is 14.5. The summed E-state index contributed by atoms with van der Waals surface area (Å²) in [6, 6.07) is 14.6. The Morgan fingerprint density at radius 1 is 0.967 bits per heavy atom. The second kappa shape index (κ2) is 7.84. The van der Waals surface area contributed by atoms with Gasteiger partial charge in [0.25, 0.3) is 5.89 Å². The Labute approximate surface area is 169 Å². The number of ether oxygens (including phenoxy) is 1. The predicted octanol–water partition coefficient (Wildman–Crippen LogP) is 2.95. The number of anilines is 2. The SMILES string of the molecule is N#Cc1c(N)nc(N)nc1-c1ccc(-c2noc(COc3ccc(F)cc3)n2)cc1. The quantitative estimate of drug-likeness (QED) is 0.512. The number of nitrogens with two attached hydrogens (primary N) is 2. The molecule has 148 valence electrons. The molecule has 4 N–H and O–H groups in total. The molecule has 4 rings (SSSR count). The minimum Gasteiger partial charge on any atom is -0.484 e. The van der Waals surface area contributed by atoms with E-state index in [1.807, 2.05) is 6.07 Å². The molecule has 0 saturated heterocycles. The number of benzene rings is 2. The molecule has 0 aliphatic carbocycles. The highest BCUT2D eigenvalue weighted by Gasteiger charge is 2.14. The first-order valence-electron chi connectivity index (χ1n) is 8.68. The summed E-state index contributed by atoms with van der Waals surface area (Å²) in [5.41, 5.74) is 13.2. The largest absolute Gasteiger partial charge is 0.484 e. The molecule has 0 radical (unpaired) electrons. The summed E-state index contributed by atoms with van der Waals surface area (Å²) in [6.45, 7) is 0.0434. The van der Waals surface area contributed by atoms with E-state index in [1.54, 1.807) is 24.3 Å². The Morgan fingerprint density at radius 2 is 1.67 bits per heavy atom. The summed E-state index contributed by atoms with van der Waals surface area (Å²) in [6.07, 6.45) is 0.